The molecule has 1 rings (SSSR count). The molecule has 4 nitrogen and oxygen atoms in total. The van der Waals surface area contributed by atoms with E-state index in [1.807, 2.05) is 6.92 Å². The molecule has 0 aliphatic rings. The first-order valence-electron chi connectivity index (χ1n) is 3.21. The molecule has 0 unspecified atom stereocenters. The summed E-state index contributed by atoms with van der Waals surface area (Å²) in [5.41, 5.74) is 13.0. The fraction of sp³-hybridized carbons (Fsp3) is 0.286. The molecule has 0 spiro atoms. The van der Waals surface area contributed by atoms with Crippen molar-refractivity contribution in [2.24, 2.45) is 0 Å². The summed E-state index contributed by atoms with van der Waals surface area (Å²) >= 11 is 0. The predicted octanol–water partition coefficient (Wildman–Crippen LogP) is 0.563. The Morgan fingerprint density at radius 1 is 1.36 bits per heavy atom. The van der Waals surface area contributed by atoms with E-state index in [2.05, 4.69) is 4.98 Å². The van der Waals surface area contributed by atoms with E-state index in [0.717, 1.165) is 5.56 Å². The van der Waals surface area contributed by atoms with Gasteiger partial charge in [0.05, 0.1) is 12.8 Å². The number of ether oxygens (including phenoxy) is 1. The molecule has 0 saturated heterocycles. The maximum Gasteiger partial charge on any atom is 0.239 e. The largest absolute Gasteiger partial charge is 0.479 e. The summed E-state index contributed by atoms with van der Waals surface area (Å²) in [7, 11) is 1.51. The van der Waals surface area contributed by atoms with Gasteiger partial charge < -0.3 is 16.2 Å². The fourth-order valence-corrected chi connectivity index (χ4v) is 0.785. The zero-order valence-electron chi connectivity index (χ0n) is 6.59. The van der Waals surface area contributed by atoms with Gasteiger partial charge >= 0.3 is 0 Å². The molecule has 11 heavy (non-hydrogen) atoms. The number of nitrogens with two attached hydrogens (primary N) is 2. The molecule has 0 atom stereocenters. The second-order valence-corrected chi connectivity index (χ2v) is 2.28. The van der Waals surface area contributed by atoms with Crippen molar-refractivity contribution in [2.45, 2.75) is 6.92 Å². The standard InChI is InChI=1S/C7H11N3O/c1-4-3-10-7(11-2)6(9)5(4)8/h3H,9H2,1-2H3,(H2,8,10). The highest BCUT2D eigenvalue weighted by Crippen LogP contribution is 2.26. The zero-order chi connectivity index (χ0) is 8.43. The Balaban J connectivity index is 3.25. The second-order valence-electron chi connectivity index (χ2n) is 2.28. The molecule has 0 fully saturated rings. The summed E-state index contributed by atoms with van der Waals surface area (Å²) in [4.78, 5) is 3.93. The monoisotopic (exact) mass is 153 g/mol. The summed E-state index contributed by atoms with van der Waals surface area (Å²) in [6.45, 7) is 1.85. The SMILES string of the molecule is COc1ncc(C)c(N)c1N. The van der Waals surface area contributed by atoms with Crippen LogP contribution in [0.3, 0.4) is 0 Å². The van der Waals surface area contributed by atoms with E-state index in [-0.39, 0.29) is 0 Å². The molecule has 0 amide bonds. The number of nitrogens with zero attached hydrogens (tertiary/aromatic N) is 1. The van der Waals surface area contributed by atoms with Crippen LogP contribution in [-0.2, 0) is 0 Å². The molecular formula is C7H11N3O. The van der Waals surface area contributed by atoms with Crippen LogP contribution < -0.4 is 16.2 Å². The molecule has 0 radical (unpaired) electrons. The number of pyridine rings is 1. The highest BCUT2D eigenvalue weighted by Gasteiger charge is 2.05. The van der Waals surface area contributed by atoms with Crippen molar-refractivity contribution in [3.8, 4) is 5.88 Å². The van der Waals surface area contributed by atoms with Gasteiger partial charge in [0.1, 0.15) is 5.69 Å². The number of aromatic nitrogens is 1. The minimum absolute atomic E-state index is 0.383. The third-order valence-electron chi connectivity index (χ3n) is 1.51. The third-order valence-corrected chi connectivity index (χ3v) is 1.51. The summed E-state index contributed by atoms with van der Waals surface area (Å²) in [6, 6.07) is 0. The minimum Gasteiger partial charge on any atom is -0.479 e. The van der Waals surface area contributed by atoms with Gasteiger partial charge in [0.25, 0.3) is 0 Å². The van der Waals surface area contributed by atoms with E-state index < -0.39 is 0 Å². The van der Waals surface area contributed by atoms with Gasteiger partial charge in [-0.2, -0.15) is 0 Å². The molecule has 0 saturated carbocycles. The van der Waals surface area contributed by atoms with E-state index in [9.17, 15) is 0 Å². The summed E-state index contributed by atoms with van der Waals surface area (Å²) in [5, 5.41) is 0. The summed E-state index contributed by atoms with van der Waals surface area (Å²) in [5.74, 6) is 0.383. The lowest BCUT2D eigenvalue weighted by Crippen LogP contribution is -2.02. The molecule has 1 aromatic heterocycles. The average Bonchev–Trinajstić information content (AvgIpc) is 2.01. The molecule has 0 aliphatic heterocycles. The van der Waals surface area contributed by atoms with Crippen molar-refractivity contribution in [2.75, 3.05) is 18.6 Å². The first-order valence-corrected chi connectivity index (χ1v) is 3.21. The minimum atomic E-state index is 0.383. The Morgan fingerprint density at radius 3 is 2.55 bits per heavy atom. The van der Waals surface area contributed by atoms with Crippen LogP contribution in [0.2, 0.25) is 0 Å². The molecule has 1 heterocycles. The van der Waals surface area contributed by atoms with E-state index >= 15 is 0 Å². The van der Waals surface area contributed by atoms with E-state index in [1.54, 1.807) is 6.20 Å². The molecule has 0 bridgehead atoms. The first kappa shape index (κ1) is 7.65. The van der Waals surface area contributed by atoms with Crippen molar-refractivity contribution in [3.63, 3.8) is 0 Å². The molecular weight excluding hydrogens is 142 g/mol. The molecule has 4 N–H and O–H groups in total. The zero-order valence-corrected chi connectivity index (χ0v) is 6.59. The van der Waals surface area contributed by atoms with Crippen LogP contribution in [0.4, 0.5) is 11.4 Å². The number of anilines is 2. The highest BCUT2D eigenvalue weighted by atomic mass is 16.5. The topological polar surface area (TPSA) is 74.2 Å². The van der Waals surface area contributed by atoms with E-state index in [1.165, 1.54) is 7.11 Å². The van der Waals surface area contributed by atoms with Gasteiger partial charge in [-0.15, -0.1) is 0 Å². The van der Waals surface area contributed by atoms with Gasteiger partial charge in [-0.1, -0.05) is 0 Å². The highest BCUT2D eigenvalue weighted by molar-refractivity contribution is 5.71. The lowest BCUT2D eigenvalue weighted by Gasteiger charge is -2.06. The number of methoxy groups -OCH3 is 1. The third kappa shape index (κ3) is 1.19. The molecule has 0 aromatic carbocycles. The number of aryl methyl sites for hydroxylation is 1. The van der Waals surface area contributed by atoms with Crippen molar-refractivity contribution in [1.82, 2.24) is 4.98 Å². The fourth-order valence-electron chi connectivity index (χ4n) is 0.785. The van der Waals surface area contributed by atoms with Crippen LogP contribution in [-0.4, -0.2) is 12.1 Å². The van der Waals surface area contributed by atoms with Gasteiger partial charge in [-0.05, 0) is 12.5 Å². The van der Waals surface area contributed by atoms with E-state index in [0.29, 0.717) is 17.3 Å². The van der Waals surface area contributed by atoms with Gasteiger partial charge in [-0.25, -0.2) is 4.98 Å². The smallest absolute Gasteiger partial charge is 0.239 e. The van der Waals surface area contributed by atoms with Crippen LogP contribution in [0.1, 0.15) is 5.56 Å². The average molecular weight is 153 g/mol. The van der Waals surface area contributed by atoms with Crippen LogP contribution in [0.25, 0.3) is 0 Å². The van der Waals surface area contributed by atoms with Crippen LogP contribution in [0.5, 0.6) is 5.88 Å². The van der Waals surface area contributed by atoms with Gasteiger partial charge in [0, 0.05) is 6.20 Å². The van der Waals surface area contributed by atoms with Crippen LogP contribution >= 0.6 is 0 Å². The number of nitrogen functional groups attached to an aromatic ring is 2. The quantitative estimate of drug-likeness (QED) is 0.618. The first-order chi connectivity index (χ1) is 5.16. The Kier molecular flexibility index (Phi) is 1.85. The van der Waals surface area contributed by atoms with Crippen molar-refractivity contribution < 1.29 is 4.74 Å². The normalized spacial score (nSPS) is 9.64. The van der Waals surface area contributed by atoms with Gasteiger partial charge in [0.2, 0.25) is 5.88 Å². The van der Waals surface area contributed by atoms with E-state index in [4.69, 9.17) is 16.2 Å². The number of rotatable bonds is 1. The summed E-state index contributed by atoms with van der Waals surface area (Å²) < 4.78 is 4.86. The van der Waals surface area contributed by atoms with Gasteiger partial charge in [-0.3, -0.25) is 0 Å². The molecule has 0 aliphatic carbocycles. The lowest BCUT2D eigenvalue weighted by molar-refractivity contribution is 0.400. The Labute approximate surface area is 65.2 Å². The molecule has 1 aromatic rings. The lowest BCUT2D eigenvalue weighted by atomic mass is 10.2. The van der Waals surface area contributed by atoms with Crippen molar-refractivity contribution in [1.29, 1.82) is 0 Å². The summed E-state index contributed by atoms with van der Waals surface area (Å²) in [6.07, 6.45) is 1.63. The Bertz CT molecular complexity index is 273. The van der Waals surface area contributed by atoms with Crippen molar-refractivity contribution >= 4 is 11.4 Å². The van der Waals surface area contributed by atoms with Crippen LogP contribution in [0, 0.1) is 6.92 Å². The van der Waals surface area contributed by atoms with Crippen molar-refractivity contribution in [3.05, 3.63) is 11.8 Å². The molecule has 60 valence electrons. The Morgan fingerprint density at radius 2 is 2.00 bits per heavy atom. The maximum absolute atomic E-state index is 5.61. The predicted molar refractivity (Wildman–Crippen MR) is 44.4 cm³/mol. The number of hydrogen-bond donors (Lipinski definition) is 2. The molecule has 4 heteroatoms. The Hall–Kier alpha value is -1.45. The van der Waals surface area contributed by atoms with Crippen LogP contribution in [0.15, 0.2) is 6.20 Å². The number of hydrogen-bond acceptors (Lipinski definition) is 4. The van der Waals surface area contributed by atoms with Gasteiger partial charge in [0.15, 0.2) is 0 Å². The second kappa shape index (κ2) is 2.65. The maximum atomic E-state index is 5.61.